The first-order valence-electron chi connectivity index (χ1n) is 6.44. The molecular weight excluding hydrogens is 258 g/mol. The van der Waals surface area contributed by atoms with Crippen LogP contribution in [0.3, 0.4) is 0 Å². The molecule has 0 aromatic heterocycles. The summed E-state index contributed by atoms with van der Waals surface area (Å²) in [5.74, 6) is -0.849. The average molecular weight is 275 g/mol. The molecule has 1 aliphatic rings. The van der Waals surface area contributed by atoms with Gasteiger partial charge in [0.1, 0.15) is 0 Å². The molecule has 1 aromatic rings. The van der Waals surface area contributed by atoms with Crippen LogP contribution in [0.1, 0.15) is 18.1 Å². The number of nitrogens with one attached hydrogen (secondary N) is 1. The molecule has 5 nitrogen and oxygen atoms in total. The van der Waals surface area contributed by atoms with Crippen LogP contribution in [-0.2, 0) is 19.1 Å². The van der Waals surface area contributed by atoms with Crippen LogP contribution in [0.5, 0.6) is 0 Å². The lowest BCUT2D eigenvalue weighted by Crippen LogP contribution is -2.16. The van der Waals surface area contributed by atoms with Gasteiger partial charge in [-0.15, -0.1) is 0 Å². The van der Waals surface area contributed by atoms with E-state index in [-0.39, 0.29) is 30.5 Å². The van der Waals surface area contributed by atoms with Gasteiger partial charge in [0.15, 0.2) is 12.2 Å². The number of benzene rings is 1. The van der Waals surface area contributed by atoms with Crippen molar-refractivity contribution in [2.75, 3.05) is 18.5 Å². The molecule has 0 unspecified atom stereocenters. The van der Waals surface area contributed by atoms with Gasteiger partial charge < -0.3 is 14.8 Å². The summed E-state index contributed by atoms with van der Waals surface area (Å²) in [6.45, 7) is 5.70. The van der Waals surface area contributed by atoms with E-state index in [1.54, 1.807) is 6.92 Å². The van der Waals surface area contributed by atoms with Gasteiger partial charge >= 0.3 is 5.97 Å². The summed E-state index contributed by atoms with van der Waals surface area (Å²) in [6.07, 6.45) is 0. The molecule has 1 N–H and O–H groups in total. The predicted octanol–water partition coefficient (Wildman–Crippen LogP) is 2.09. The van der Waals surface area contributed by atoms with E-state index in [1.807, 2.05) is 32.0 Å². The van der Waals surface area contributed by atoms with E-state index in [4.69, 9.17) is 9.47 Å². The number of Topliss-reactive ketones (excluding diaryl/α,β-unsaturated/α-hetero) is 1. The summed E-state index contributed by atoms with van der Waals surface area (Å²) < 4.78 is 10.1. The summed E-state index contributed by atoms with van der Waals surface area (Å²) in [6, 6.07) is 5.83. The number of ketones is 1. The second kappa shape index (κ2) is 5.77. The zero-order chi connectivity index (χ0) is 14.7. The summed E-state index contributed by atoms with van der Waals surface area (Å²) >= 11 is 0. The number of esters is 1. The second-order valence-corrected chi connectivity index (χ2v) is 4.58. The molecule has 0 bridgehead atoms. The minimum Gasteiger partial charge on any atom is -0.470 e. The first-order valence-corrected chi connectivity index (χ1v) is 6.44. The SMILES string of the molecule is CCOC(=O)C1=C(Nc2ccc(C)cc2C)OCC1=O. The Kier molecular flexibility index (Phi) is 4.08. The molecule has 0 radical (unpaired) electrons. The third-order valence-corrected chi connectivity index (χ3v) is 2.96. The van der Waals surface area contributed by atoms with Crippen LogP contribution >= 0.6 is 0 Å². The zero-order valence-electron chi connectivity index (χ0n) is 11.8. The lowest BCUT2D eigenvalue weighted by molar-refractivity contribution is -0.139. The van der Waals surface area contributed by atoms with Gasteiger partial charge in [0.2, 0.25) is 11.7 Å². The first-order chi connectivity index (χ1) is 9.52. The van der Waals surface area contributed by atoms with Crippen molar-refractivity contribution in [3.63, 3.8) is 0 Å². The number of hydrogen-bond donors (Lipinski definition) is 1. The molecule has 0 atom stereocenters. The maximum Gasteiger partial charge on any atom is 0.347 e. The van der Waals surface area contributed by atoms with Gasteiger partial charge in [-0.1, -0.05) is 17.7 Å². The van der Waals surface area contributed by atoms with Crippen molar-refractivity contribution in [2.45, 2.75) is 20.8 Å². The normalized spacial score (nSPS) is 14.2. The molecule has 1 aliphatic heterocycles. The van der Waals surface area contributed by atoms with Crippen molar-refractivity contribution < 1.29 is 19.1 Å². The molecule has 0 aliphatic carbocycles. The monoisotopic (exact) mass is 275 g/mol. The van der Waals surface area contributed by atoms with E-state index in [9.17, 15) is 9.59 Å². The van der Waals surface area contributed by atoms with Crippen LogP contribution in [0.15, 0.2) is 29.7 Å². The van der Waals surface area contributed by atoms with Crippen molar-refractivity contribution in [3.8, 4) is 0 Å². The molecule has 2 rings (SSSR count). The Bertz CT molecular complexity index is 590. The molecule has 0 saturated heterocycles. The van der Waals surface area contributed by atoms with Gasteiger partial charge in [-0.25, -0.2) is 4.79 Å². The molecule has 106 valence electrons. The number of anilines is 1. The Balaban J connectivity index is 2.29. The molecule has 0 fully saturated rings. The molecule has 20 heavy (non-hydrogen) atoms. The van der Waals surface area contributed by atoms with Crippen molar-refractivity contribution in [1.82, 2.24) is 0 Å². The lowest BCUT2D eigenvalue weighted by Gasteiger charge is -2.11. The highest BCUT2D eigenvalue weighted by Crippen LogP contribution is 2.23. The third-order valence-electron chi connectivity index (χ3n) is 2.96. The van der Waals surface area contributed by atoms with Gasteiger partial charge in [-0.2, -0.15) is 0 Å². The quantitative estimate of drug-likeness (QED) is 0.673. The fraction of sp³-hybridized carbons (Fsp3) is 0.333. The van der Waals surface area contributed by atoms with Crippen LogP contribution in [0.25, 0.3) is 0 Å². The van der Waals surface area contributed by atoms with Crippen molar-refractivity contribution in [3.05, 3.63) is 40.8 Å². The van der Waals surface area contributed by atoms with E-state index < -0.39 is 5.97 Å². The molecule has 0 saturated carbocycles. The zero-order valence-corrected chi connectivity index (χ0v) is 11.8. The van der Waals surface area contributed by atoms with Gasteiger partial charge in [0, 0.05) is 5.69 Å². The van der Waals surface area contributed by atoms with E-state index >= 15 is 0 Å². The summed E-state index contributed by atoms with van der Waals surface area (Å²) in [7, 11) is 0. The lowest BCUT2D eigenvalue weighted by atomic mass is 10.1. The highest BCUT2D eigenvalue weighted by Gasteiger charge is 2.32. The number of carbonyl (C=O) groups is 2. The van der Waals surface area contributed by atoms with E-state index in [0.717, 1.165) is 16.8 Å². The minimum absolute atomic E-state index is 0.0492. The standard InChI is InChI=1S/C15H17NO4/c1-4-19-15(18)13-12(17)8-20-14(13)16-11-6-5-9(2)7-10(11)3/h5-7,16H,4,8H2,1-3H3. The smallest absolute Gasteiger partial charge is 0.347 e. The van der Waals surface area contributed by atoms with Gasteiger partial charge in [-0.05, 0) is 32.4 Å². The largest absolute Gasteiger partial charge is 0.470 e. The van der Waals surface area contributed by atoms with Gasteiger partial charge in [0.25, 0.3) is 0 Å². The Hall–Kier alpha value is -2.30. The van der Waals surface area contributed by atoms with Crippen molar-refractivity contribution >= 4 is 17.4 Å². The average Bonchev–Trinajstić information content (AvgIpc) is 2.74. The highest BCUT2D eigenvalue weighted by molar-refractivity contribution is 6.19. The van der Waals surface area contributed by atoms with E-state index in [1.165, 1.54) is 0 Å². The second-order valence-electron chi connectivity index (χ2n) is 4.58. The van der Waals surface area contributed by atoms with Crippen LogP contribution in [-0.4, -0.2) is 25.0 Å². The minimum atomic E-state index is -0.651. The Morgan fingerprint density at radius 3 is 2.80 bits per heavy atom. The van der Waals surface area contributed by atoms with Crippen LogP contribution in [0.2, 0.25) is 0 Å². The molecule has 1 heterocycles. The molecule has 0 spiro atoms. The molecule has 1 aromatic carbocycles. The molecule has 5 heteroatoms. The Morgan fingerprint density at radius 1 is 1.40 bits per heavy atom. The van der Waals surface area contributed by atoms with Crippen LogP contribution in [0, 0.1) is 13.8 Å². The number of aryl methyl sites for hydroxylation is 2. The van der Waals surface area contributed by atoms with Crippen LogP contribution < -0.4 is 5.32 Å². The highest BCUT2D eigenvalue weighted by atomic mass is 16.5. The number of carbonyl (C=O) groups excluding carboxylic acids is 2. The maximum atomic E-state index is 11.8. The van der Waals surface area contributed by atoms with Crippen molar-refractivity contribution in [1.29, 1.82) is 0 Å². The topological polar surface area (TPSA) is 64.6 Å². The van der Waals surface area contributed by atoms with E-state index in [0.29, 0.717) is 0 Å². The first kappa shape index (κ1) is 14.1. The van der Waals surface area contributed by atoms with E-state index in [2.05, 4.69) is 5.32 Å². The molecular formula is C15H17NO4. The fourth-order valence-electron chi connectivity index (χ4n) is 1.99. The Labute approximate surface area is 117 Å². The summed E-state index contributed by atoms with van der Waals surface area (Å²) in [5, 5.41) is 2.99. The summed E-state index contributed by atoms with van der Waals surface area (Å²) in [5.41, 5.74) is 2.88. The fourth-order valence-corrected chi connectivity index (χ4v) is 1.99. The molecule has 0 amide bonds. The van der Waals surface area contributed by atoms with Crippen molar-refractivity contribution in [2.24, 2.45) is 0 Å². The third kappa shape index (κ3) is 2.82. The number of hydrogen-bond acceptors (Lipinski definition) is 5. The van der Waals surface area contributed by atoms with Gasteiger partial charge in [-0.3, -0.25) is 4.79 Å². The predicted molar refractivity (Wildman–Crippen MR) is 74.2 cm³/mol. The summed E-state index contributed by atoms with van der Waals surface area (Å²) in [4.78, 5) is 23.5. The number of rotatable bonds is 4. The Morgan fingerprint density at radius 2 is 2.15 bits per heavy atom. The van der Waals surface area contributed by atoms with Crippen LogP contribution in [0.4, 0.5) is 5.69 Å². The van der Waals surface area contributed by atoms with Gasteiger partial charge in [0.05, 0.1) is 6.61 Å². The maximum absolute atomic E-state index is 11.8. The number of ether oxygens (including phenoxy) is 2.